The molecular weight excluding hydrogens is 272 g/mol. The maximum Gasteiger partial charge on any atom is 0.310 e. The first-order valence-corrected chi connectivity index (χ1v) is 6.82. The van der Waals surface area contributed by atoms with Gasteiger partial charge in [-0.25, -0.2) is 0 Å². The Kier molecular flexibility index (Phi) is 3.66. The Labute approximate surface area is 121 Å². The van der Waals surface area contributed by atoms with E-state index in [1.165, 1.54) is 11.8 Å². The maximum atomic E-state index is 12.3. The number of ether oxygens (including phenoxy) is 1. The molecule has 1 unspecified atom stereocenters. The van der Waals surface area contributed by atoms with Crippen LogP contribution in [-0.2, 0) is 16.2 Å². The number of rotatable bonds is 3. The molecule has 7 nitrogen and oxygen atoms in total. The molecule has 0 amide bonds. The highest BCUT2D eigenvalue weighted by Crippen LogP contribution is 2.17. The van der Waals surface area contributed by atoms with Gasteiger partial charge in [0.15, 0.2) is 0 Å². The van der Waals surface area contributed by atoms with E-state index >= 15 is 0 Å². The van der Waals surface area contributed by atoms with E-state index in [-0.39, 0.29) is 17.4 Å². The van der Waals surface area contributed by atoms with Crippen molar-refractivity contribution in [2.45, 2.75) is 13.1 Å². The summed E-state index contributed by atoms with van der Waals surface area (Å²) in [6.45, 7) is 1.65. The SMILES string of the molecule is COC(=O)C1CCN(Cn2nnc3ccccc3c2=O)C1. The minimum absolute atomic E-state index is 0.126. The van der Waals surface area contributed by atoms with Crippen molar-refractivity contribution in [2.75, 3.05) is 20.2 Å². The number of carbonyl (C=O) groups is 1. The molecule has 1 saturated heterocycles. The fourth-order valence-electron chi connectivity index (χ4n) is 2.63. The average Bonchev–Trinajstić information content (AvgIpc) is 2.98. The number of hydrogen-bond donors (Lipinski definition) is 0. The summed E-state index contributed by atoms with van der Waals surface area (Å²) in [5.74, 6) is -0.325. The summed E-state index contributed by atoms with van der Waals surface area (Å²) in [7, 11) is 1.39. The van der Waals surface area contributed by atoms with Crippen LogP contribution in [0, 0.1) is 5.92 Å². The molecule has 2 heterocycles. The third-order valence-electron chi connectivity index (χ3n) is 3.77. The van der Waals surface area contributed by atoms with Gasteiger partial charge in [-0.3, -0.25) is 14.5 Å². The predicted octanol–water partition coefficient (Wildman–Crippen LogP) is 0.244. The highest BCUT2D eigenvalue weighted by Gasteiger charge is 2.29. The van der Waals surface area contributed by atoms with Crippen LogP contribution in [0.5, 0.6) is 0 Å². The molecule has 0 aliphatic carbocycles. The van der Waals surface area contributed by atoms with Crippen molar-refractivity contribution in [2.24, 2.45) is 5.92 Å². The van der Waals surface area contributed by atoms with Gasteiger partial charge in [0.05, 0.1) is 25.1 Å². The van der Waals surface area contributed by atoms with Crippen LogP contribution in [0.2, 0.25) is 0 Å². The zero-order valence-corrected chi connectivity index (χ0v) is 11.7. The van der Waals surface area contributed by atoms with Crippen LogP contribution in [0.4, 0.5) is 0 Å². The highest BCUT2D eigenvalue weighted by atomic mass is 16.5. The van der Waals surface area contributed by atoms with Gasteiger partial charge in [-0.05, 0) is 18.6 Å². The molecule has 110 valence electrons. The summed E-state index contributed by atoms with van der Waals surface area (Å²) in [5.41, 5.74) is 0.426. The molecule has 1 atom stereocenters. The van der Waals surface area contributed by atoms with Gasteiger partial charge in [-0.15, -0.1) is 5.10 Å². The smallest absolute Gasteiger partial charge is 0.310 e. The predicted molar refractivity (Wildman–Crippen MR) is 75.5 cm³/mol. The lowest BCUT2D eigenvalue weighted by atomic mass is 10.1. The van der Waals surface area contributed by atoms with Gasteiger partial charge in [0, 0.05) is 13.1 Å². The second kappa shape index (κ2) is 5.61. The number of esters is 1. The fourth-order valence-corrected chi connectivity index (χ4v) is 2.63. The number of methoxy groups -OCH3 is 1. The molecule has 0 radical (unpaired) electrons. The molecule has 0 N–H and O–H groups in total. The number of hydrogen-bond acceptors (Lipinski definition) is 6. The summed E-state index contributed by atoms with van der Waals surface area (Å²) >= 11 is 0. The van der Waals surface area contributed by atoms with E-state index in [2.05, 4.69) is 10.3 Å². The Morgan fingerprint density at radius 3 is 3.05 bits per heavy atom. The van der Waals surface area contributed by atoms with Crippen LogP contribution in [0.3, 0.4) is 0 Å². The summed E-state index contributed by atoms with van der Waals surface area (Å²) in [6.07, 6.45) is 0.739. The molecule has 7 heteroatoms. The number of likely N-dealkylation sites (tertiary alicyclic amines) is 1. The Morgan fingerprint density at radius 1 is 1.43 bits per heavy atom. The average molecular weight is 288 g/mol. The monoisotopic (exact) mass is 288 g/mol. The number of carbonyl (C=O) groups excluding carboxylic acids is 1. The third kappa shape index (κ3) is 2.64. The largest absolute Gasteiger partial charge is 0.469 e. The van der Waals surface area contributed by atoms with Crippen molar-refractivity contribution in [1.82, 2.24) is 19.9 Å². The van der Waals surface area contributed by atoms with Crippen LogP contribution >= 0.6 is 0 Å². The quantitative estimate of drug-likeness (QED) is 0.753. The minimum Gasteiger partial charge on any atom is -0.469 e. The van der Waals surface area contributed by atoms with Gasteiger partial charge in [0.25, 0.3) is 5.56 Å². The van der Waals surface area contributed by atoms with Gasteiger partial charge < -0.3 is 4.74 Å². The van der Waals surface area contributed by atoms with Crippen LogP contribution < -0.4 is 5.56 Å². The van der Waals surface area contributed by atoms with E-state index < -0.39 is 0 Å². The van der Waals surface area contributed by atoms with Crippen molar-refractivity contribution in [1.29, 1.82) is 0 Å². The minimum atomic E-state index is -0.200. The lowest BCUT2D eigenvalue weighted by Crippen LogP contribution is -2.34. The lowest BCUT2D eigenvalue weighted by Gasteiger charge is -2.15. The number of aromatic nitrogens is 3. The number of fused-ring (bicyclic) bond motifs is 1. The van der Waals surface area contributed by atoms with Gasteiger partial charge in [0.2, 0.25) is 0 Å². The van der Waals surface area contributed by atoms with E-state index in [9.17, 15) is 9.59 Å². The third-order valence-corrected chi connectivity index (χ3v) is 3.77. The van der Waals surface area contributed by atoms with Crippen molar-refractivity contribution in [3.8, 4) is 0 Å². The van der Waals surface area contributed by atoms with Gasteiger partial charge >= 0.3 is 5.97 Å². The van der Waals surface area contributed by atoms with Crippen LogP contribution in [0.25, 0.3) is 10.9 Å². The van der Waals surface area contributed by atoms with Gasteiger partial charge in [-0.2, -0.15) is 4.68 Å². The first-order valence-electron chi connectivity index (χ1n) is 6.82. The summed E-state index contributed by atoms with van der Waals surface area (Å²) in [6, 6.07) is 7.13. The molecule has 21 heavy (non-hydrogen) atoms. The molecule has 0 saturated carbocycles. The van der Waals surface area contributed by atoms with Crippen LogP contribution in [0.15, 0.2) is 29.1 Å². The summed E-state index contributed by atoms with van der Waals surface area (Å²) in [4.78, 5) is 25.8. The molecule has 2 aromatic rings. The maximum absolute atomic E-state index is 12.3. The molecule has 1 aliphatic heterocycles. The van der Waals surface area contributed by atoms with E-state index in [4.69, 9.17) is 4.74 Å². The first-order chi connectivity index (χ1) is 10.2. The van der Waals surface area contributed by atoms with Crippen molar-refractivity contribution in [3.63, 3.8) is 0 Å². The highest BCUT2D eigenvalue weighted by molar-refractivity contribution is 5.76. The Hall–Kier alpha value is -2.28. The van der Waals surface area contributed by atoms with Crippen LogP contribution in [0.1, 0.15) is 6.42 Å². The molecule has 1 aromatic heterocycles. The standard InChI is InChI=1S/C14H16N4O3/c1-21-14(20)10-6-7-17(8-10)9-18-13(19)11-4-2-3-5-12(11)15-16-18/h2-5,10H,6-9H2,1H3. The zero-order valence-electron chi connectivity index (χ0n) is 11.7. The van der Waals surface area contributed by atoms with E-state index in [0.29, 0.717) is 24.1 Å². The Bertz CT molecular complexity index is 727. The summed E-state index contributed by atoms with van der Waals surface area (Å²) in [5, 5.41) is 8.56. The molecule has 0 bridgehead atoms. The van der Waals surface area contributed by atoms with E-state index in [1.807, 2.05) is 11.0 Å². The summed E-state index contributed by atoms with van der Waals surface area (Å²) < 4.78 is 6.09. The molecule has 0 spiro atoms. The van der Waals surface area contributed by atoms with E-state index in [1.54, 1.807) is 18.2 Å². The lowest BCUT2D eigenvalue weighted by molar-refractivity contribution is -0.145. The topological polar surface area (TPSA) is 77.3 Å². The van der Waals surface area contributed by atoms with Gasteiger partial charge in [-0.1, -0.05) is 17.3 Å². The molecule has 1 fully saturated rings. The number of nitrogens with zero attached hydrogens (tertiary/aromatic N) is 4. The fraction of sp³-hybridized carbons (Fsp3) is 0.429. The second-order valence-electron chi connectivity index (χ2n) is 5.14. The van der Waals surface area contributed by atoms with Crippen molar-refractivity contribution >= 4 is 16.9 Å². The van der Waals surface area contributed by atoms with Crippen molar-refractivity contribution < 1.29 is 9.53 Å². The van der Waals surface area contributed by atoms with Crippen LogP contribution in [-0.4, -0.2) is 46.1 Å². The Balaban J connectivity index is 1.79. The second-order valence-corrected chi connectivity index (χ2v) is 5.14. The zero-order chi connectivity index (χ0) is 14.8. The van der Waals surface area contributed by atoms with Crippen molar-refractivity contribution in [3.05, 3.63) is 34.6 Å². The van der Waals surface area contributed by atoms with E-state index in [0.717, 1.165) is 13.0 Å². The number of benzene rings is 1. The molecular formula is C14H16N4O3. The first kappa shape index (κ1) is 13.7. The molecule has 1 aromatic carbocycles. The molecule has 1 aliphatic rings. The normalized spacial score (nSPS) is 19.0. The van der Waals surface area contributed by atoms with Gasteiger partial charge in [0.1, 0.15) is 5.52 Å². The Morgan fingerprint density at radius 2 is 2.24 bits per heavy atom. The molecule has 3 rings (SSSR count).